The number of carboxylic acid groups (broad SMARTS) is 1. The Morgan fingerprint density at radius 2 is 1.95 bits per heavy atom. The van der Waals surface area contributed by atoms with Gasteiger partial charge in [-0.2, -0.15) is 0 Å². The molecule has 0 unspecified atom stereocenters. The number of anilines is 1. The van der Waals surface area contributed by atoms with Crippen molar-refractivity contribution in [2.45, 2.75) is 11.4 Å². The van der Waals surface area contributed by atoms with Gasteiger partial charge in [0, 0.05) is 0 Å². The monoisotopic (exact) mass is 296 g/mol. The summed E-state index contributed by atoms with van der Waals surface area (Å²) >= 11 is 0. The Labute approximate surface area is 115 Å². The summed E-state index contributed by atoms with van der Waals surface area (Å²) in [4.78, 5) is 10.6. The highest BCUT2D eigenvalue weighted by Crippen LogP contribution is 2.20. The number of nitrogens with two attached hydrogens (primary N) is 1. The smallest absolute Gasteiger partial charge is 0.371 e. The van der Waals surface area contributed by atoms with Crippen molar-refractivity contribution >= 4 is 21.7 Å². The van der Waals surface area contributed by atoms with Crippen LogP contribution in [0.4, 0.5) is 5.69 Å². The normalized spacial score (nSPS) is 11.2. The fraction of sp³-hybridized carbons (Fsp3) is 0.0833. The fourth-order valence-corrected chi connectivity index (χ4v) is 2.35. The van der Waals surface area contributed by atoms with Gasteiger partial charge in [-0.15, -0.1) is 0 Å². The van der Waals surface area contributed by atoms with Crippen molar-refractivity contribution in [3.8, 4) is 0 Å². The highest BCUT2D eigenvalue weighted by atomic mass is 32.2. The molecule has 2 rings (SSSR count). The van der Waals surface area contributed by atoms with E-state index >= 15 is 0 Å². The molecule has 0 amide bonds. The number of aromatic carboxylic acids is 1. The lowest BCUT2D eigenvalue weighted by molar-refractivity contribution is 0.0660. The van der Waals surface area contributed by atoms with E-state index in [1.54, 1.807) is 18.2 Å². The summed E-state index contributed by atoms with van der Waals surface area (Å²) in [6.07, 6.45) is 0. The molecule has 106 valence electrons. The quantitative estimate of drug-likeness (QED) is 0.762. The van der Waals surface area contributed by atoms with E-state index in [1.165, 1.54) is 18.2 Å². The molecule has 20 heavy (non-hydrogen) atoms. The number of furan rings is 1. The molecule has 0 aliphatic carbocycles. The summed E-state index contributed by atoms with van der Waals surface area (Å²) in [6, 6.07) is 8.96. The number of nitrogens with one attached hydrogen (secondary N) is 1. The Morgan fingerprint density at radius 1 is 1.25 bits per heavy atom. The van der Waals surface area contributed by atoms with E-state index in [0.29, 0.717) is 11.4 Å². The van der Waals surface area contributed by atoms with Gasteiger partial charge in [0.25, 0.3) is 0 Å². The molecule has 0 aliphatic heterocycles. The second-order valence-corrected chi connectivity index (χ2v) is 5.50. The van der Waals surface area contributed by atoms with Crippen LogP contribution in [0, 0.1) is 0 Å². The minimum atomic E-state index is -3.83. The second-order valence-electron chi connectivity index (χ2n) is 3.97. The molecule has 8 heteroatoms. The molecule has 4 N–H and O–H groups in total. The number of sulfonamides is 1. The Hall–Kier alpha value is -2.32. The lowest BCUT2D eigenvalue weighted by atomic mass is 10.3. The topological polar surface area (TPSA) is 123 Å². The van der Waals surface area contributed by atoms with Crippen LogP contribution in [0.3, 0.4) is 0 Å². The van der Waals surface area contributed by atoms with Gasteiger partial charge in [-0.1, -0.05) is 12.1 Å². The Bertz CT molecular complexity index is 736. The van der Waals surface area contributed by atoms with Crippen LogP contribution in [0.1, 0.15) is 16.3 Å². The lowest BCUT2D eigenvalue weighted by Gasteiger charge is -2.09. The molecular formula is C12H12N2O5S. The van der Waals surface area contributed by atoms with Gasteiger partial charge in [-0.25, -0.2) is 18.4 Å². The molecular weight excluding hydrogens is 284 g/mol. The van der Waals surface area contributed by atoms with E-state index in [-0.39, 0.29) is 17.2 Å². The molecule has 2 aromatic rings. The molecule has 0 spiro atoms. The molecule has 1 aromatic carbocycles. The van der Waals surface area contributed by atoms with Gasteiger partial charge in [-0.3, -0.25) is 0 Å². The third-order valence-electron chi connectivity index (χ3n) is 2.52. The first-order valence-electron chi connectivity index (χ1n) is 5.55. The number of hydrogen-bond acceptors (Lipinski definition) is 5. The second kappa shape index (κ2) is 5.35. The molecule has 0 aliphatic rings. The predicted molar refractivity (Wildman–Crippen MR) is 70.8 cm³/mol. The average Bonchev–Trinajstić information content (AvgIpc) is 2.84. The van der Waals surface area contributed by atoms with Crippen LogP contribution < -0.4 is 10.5 Å². The van der Waals surface area contributed by atoms with Crippen LogP contribution in [-0.2, 0) is 16.6 Å². The van der Waals surface area contributed by atoms with Crippen LogP contribution in [0.5, 0.6) is 0 Å². The van der Waals surface area contributed by atoms with Crippen molar-refractivity contribution in [2.75, 3.05) is 5.32 Å². The van der Waals surface area contributed by atoms with Gasteiger partial charge in [0.15, 0.2) is 0 Å². The molecule has 0 fully saturated rings. The maximum atomic E-state index is 11.4. The molecule has 0 saturated heterocycles. The van der Waals surface area contributed by atoms with Crippen molar-refractivity contribution in [1.29, 1.82) is 0 Å². The number of benzene rings is 1. The number of carbonyl (C=O) groups is 1. The zero-order valence-corrected chi connectivity index (χ0v) is 11.1. The van der Waals surface area contributed by atoms with E-state index in [1.807, 2.05) is 0 Å². The zero-order valence-electron chi connectivity index (χ0n) is 10.2. The van der Waals surface area contributed by atoms with Gasteiger partial charge in [-0.05, 0) is 24.3 Å². The minimum Gasteiger partial charge on any atom is -0.475 e. The Balaban J connectivity index is 2.17. The Morgan fingerprint density at radius 3 is 2.55 bits per heavy atom. The van der Waals surface area contributed by atoms with Crippen LogP contribution >= 0.6 is 0 Å². The van der Waals surface area contributed by atoms with E-state index < -0.39 is 16.0 Å². The van der Waals surface area contributed by atoms with Gasteiger partial charge < -0.3 is 14.8 Å². The van der Waals surface area contributed by atoms with Crippen LogP contribution in [0.15, 0.2) is 45.7 Å². The summed E-state index contributed by atoms with van der Waals surface area (Å²) in [5, 5.41) is 16.7. The van der Waals surface area contributed by atoms with Crippen molar-refractivity contribution in [1.82, 2.24) is 0 Å². The summed E-state index contributed by atoms with van der Waals surface area (Å²) in [7, 11) is -3.83. The molecule has 0 saturated carbocycles. The largest absolute Gasteiger partial charge is 0.475 e. The van der Waals surface area contributed by atoms with E-state index in [4.69, 9.17) is 14.7 Å². The maximum absolute atomic E-state index is 11.4. The van der Waals surface area contributed by atoms with Crippen LogP contribution in [0.25, 0.3) is 0 Å². The number of hydrogen-bond donors (Lipinski definition) is 3. The van der Waals surface area contributed by atoms with Crippen LogP contribution in [-0.4, -0.2) is 19.5 Å². The summed E-state index contributed by atoms with van der Waals surface area (Å²) in [5.41, 5.74) is 0.322. The standard InChI is InChI=1S/C12H12N2O5S/c13-20(17,18)11-4-2-1-3-9(11)14-7-8-5-6-10(19-8)12(15)16/h1-6,14H,7H2,(H,15,16)(H2,13,17,18). The molecule has 1 aromatic heterocycles. The van der Waals surface area contributed by atoms with Crippen LogP contribution in [0.2, 0.25) is 0 Å². The fourth-order valence-electron chi connectivity index (χ4n) is 1.63. The molecule has 0 bridgehead atoms. The molecule has 7 nitrogen and oxygen atoms in total. The van der Waals surface area contributed by atoms with Gasteiger partial charge in [0.1, 0.15) is 10.7 Å². The van der Waals surface area contributed by atoms with Gasteiger partial charge >= 0.3 is 5.97 Å². The first-order valence-corrected chi connectivity index (χ1v) is 7.10. The summed E-state index contributed by atoms with van der Waals surface area (Å²) in [5.74, 6) is -0.977. The first kappa shape index (κ1) is 14.1. The van der Waals surface area contributed by atoms with Crippen molar-refractivity contribution in [3.63, 3.8) is 0 Å². The Kier molecular flexibility index (Phi) is 3.77. The van der Waals surface area contributed by atoms with E-state index in [9.17, 15) is 13.2 Å². The number of para-hydroxylation sites is 1. The van der Waals surface area contributed by atoms with Crippen molar-refractivity contribution in [2.24, 2.45) is 5.14 Å². The lowest BCUT2D eigenvalue weighted by Crippen LogP contribution is -2.14. The predicted octanol–water partition coefficient (Wildman–Crippen LogP) is 1.24. The third kappa shape index (κ3) is 3.16. The molecule has 0 atom stereocenters. The van der Waals surface area contributed by atoms with Crippen molar-refractivity contribution < 1.29 is 22.7 Å². The van der Waals surface area contributed by atoms with Gasteiger partial charge in [0.2, 0.25) is 15.8 Å². The highest BCUT2D eigenvalue weighted by Gasteiger charge is 2.14. The molecule has 0 radical (unpaired) electrons. The zero-order chi connectivity index (χ0) is 14.8. The van der Waals surface area contributed by atoms with Crippen molar-refractivity contribution in [3.05, 3.63) is 47.9 Å². The maximum Gasteiger partial charge on any atom is 0.371 e. The van der Waals surface area contributed by atoms with E-state index in [2.05, 4.69) is 5.32 Å². The SMILES string of the molecule is NS(=O)(=O)c1ccccc1NCc1ccc(C(=O)O)o1. The minimum absolute atomic E-state index is 0.0370. The third-order valence-corrected chi connectivity index (χ3v) is 3.49. The molecule has 1 heterocycles. The number of rotatable bonds is 5. The number of primary sulfonamides is 1. The number of carboxylic acids is 1. The summed E-state index contributed by atoms with van der Waals surface area (Å²) < 4.78 is 27.8. The average molecular weight is 296 g/mol. The van der Waals surface area contributed by atoms with E-state index in [0.717, 1.165) is 0 Å². The first-order chi connectivity index (χ1) is 9.38. The van der Waals surface area contributed by atoms with Gasteiger partial charge in [0.05, 0.1) is 12.2 Å². The highest BCUT2D eigenvalue weighted by molar-refractivity contribution is 7.89. The summed E-state index contributed by atoms with van der Waals surface area (Å²) in [6.45, 7) is 0.139.